The Kier molecular flexibility index (Phi) is 9.14. The summed E-state index contributed by atoms with van der Waals surface area (Å²) >= 11 is 0. The fourth-order valence-corrected chi connectivity index (χ4v) is 10.4. The number of pyridine rings is 1. The van der Waals surface area contributed by atoms with E-state index >= 15 is 0 Å². The maximum Gasteiger partial charge on any atom is 0.160 e. The zero-order valence-corrected chi connectivity index (χ0v) is 37.7. The third kappa shape index (κ3) is 6.59. The van der Waals surface area contributed by atoms with Gasteiger partial charge >= 0.3 is 0 Å². The molecule has 0 spiro atoms. The van der Waals surface area contributed by atoms with Crippen LogP contribution in [0.1, 0.15) is 0 Å². The molecule has 0 saturated carbocycles. The molecule has 10 aromatic carbocycles. The Bertz CT molecular complexity index is 4340. The maximum atomic E-state index is 6.68. The molecule has 4 heterocycles. The van der Waals surface area contributed by atoms with Crippen molar-refractivity contribution in [3.8, 4) is 78.5 Å². The van der Waals surface area contributed by atoms with E-state index in [9.17, 15) is 0 Å². The van der Waals surface area contributed by atoms with Gasteiger partial charge in [0.25, 0.3) is 0 Å². The van der Waals surface area contributed by atoms with E-state index in [2.05, 4.69) is 194 Å². The molecule has 0 unspecified atom stereocenters. The third-order valence-electron chi connectivity index (χ3n) is 13.7. The second-order valence-corrected chi connectivity index (χ2v) is 17.8. The Morgan fingerprint density at radius 1 is 0.286 bits per heavy atom. The molecule has 0 N–H and O–H groups in total. The van der Waals surface area contributed by atoms with Gasteiger partial charge in [0.2, 0.25) is 0 Å². The topological polar surface area (TPSA) is 65.0 Å². The molecular formula is C65H39N3O2. The number of furan rings is 2. The highest BCUT2D eigenvalue weighted by Crippen LogP contribution is 2.47. The largest absolute Gasteiger partial charge is 0.456 e. The van der Waals surface area contributed by atoms with Crippen LogP contribution in [0.3, 0.4) is 0 Å². The standard InChI is InChI=1S/C65H39N3O2/c1-3-16-41(17-4-1)55-39-56(68-65(67-55)47-23-14-21-45(37-47)48-27-15-28-50-49-24-8-11-30-57(49)70-64(48)50)42-34-32-40(33-35-42)44-20-13-22-46(36-44)60-61-51-25-7-10-29-54(51)66-63(43-18-5-2-6-19-43)53(61)38-59-62(60)52-26-9-12-31-58(52)69-59/h1-39H. The van der Waals surface area contributed by atoms with Crippen LogP contribution in [0.2, 0.25) is 0 Å². The van der Waals surface area contributed by atoms with Crippen molar-refractivity contribution in [3.63, 3.8) is 0 Å². The van der Waals surface area contributed by atoms with Crippen LogP contribution in [-0.2, 0) is 0 Å². The lowest BCUT2D eigenvalue weighted by atomic mass is 9.88. The number of fused-ring (bicyclic) bond motifs is 9. The van der Waals surface area contributed by atoms with Crippen molar-refractivity contribution in [1.29, 1.82) is 0 Å². The quantitative estimate of drug-likeness (QED) is 0.149. The van der Waals surface area contributed by atoms with Crippen LogP contribution in [0.15, 0.2) is 245 Å². The predicted molar refractivity (Wildman–Crippen MR) is 287 cm³/mol. The summed E-state index contributed by atoms with van der Waals surface area (Å²) in [6, 6.07) is 82.6. The summed E-state index contributed by atoms with van der Waals surface area (Å²) in [5, 5.41) is 7.69. The van der Waals surface area contributed by atoms with Crippen LogP contribution in [0, 0.1) is 0 Å². The van der Waals surface area contributed by atoms with Gasteiger partial charge in [-0.2, -0.15) is 0 Å². The van der Waals surface area contributed by atoms with Crippen LogP contribution in [0.5, 0.6) is 0 Å². The van der Waals surface area contributed by atoms with Crippen molar-refractivity contribution in [2.45, 2.75) is 0 Å². The van der Waals surface area contributed by atoms with E-state index in [-0.39, 0.29) is 0 Å². The molecule has 70 heavy (non-hydrogen) atoms. The van der Waals surface area contributed by atoms with E-state index in [1.54, 1.807) is 0 Å². The van der Waals surface area contributed by atoms with Gasteiger partial charge in [0.1, 0.15) is 22.3 Å². The van der Waals surface area contributed by atoms with Crippen LogP contribution in [0.25, 0.3) is 144 Å². The second kappa shape index (κ2) is 16.1. The summed E-state index contributed by atoms with van der Waals surface area (Å²) in [5.41, 5.74) is 17.5. The number of hydrogen-bond acceptors (Lipinski definition) is 5. The molecule has 4 aromatic heterocycles. The molecule has 14 aromatic rings. The van der Waals surface area contributed by atoms with E-state index in [0.717, 1.165) is 138 Å². The number of para-hydroxylation sites is 4. The molecule has 0 aliphatic carbocycles. The van der Waals surface area contributed by atoms with Crippen LogP contribution in [-0.4, -0.2) is 15.0 Å². The van der Waals surface area contributed by atoms with E-state index < -0.39 is 0 Å². The fourth-order valence-electron chi connectivity index (χ4n) is 10.4. The summed E-state index contributed by atoms with van der Waals surface area (Å²) in [6.07, 6.45) is 0. The van der Waals surface area contributed by atoms with Crippen LogP contribution < -0.4 is 0 Å². The van der Waals surface area contributed by atoms with Gasteiger partial charge in [-0.15, -0.1) is 0 Å². The van der Waals surface area contributed by atoms with Gasteiger partial charge in [-0.1, -0.05) is 194 Å². The molecule has 0 fully saturated rings. The smallest absolute Gasteiger partial charge is 0.160 e. The monoisotopic (exact) mass is 893 g/mol. The van der Waals surface area contributed by atoms with Crippen molar-refractivity contribution >= 4 is 65.6 Å². The Hall–Kier alpha value is -9.45. The van der Waals surface area contributed by atoms with Crippen LogP contribution in [0.4, 0.5) is 0 Å². The highest BCUT2D eigenvalue weighted by molar-refractivity contribution is 6.28. The molecule has 0 bridgehead atoms. The zero-order chi connectivity index (χ0) is 46.1. The van der Waals surface area contributed by atoms with Gasteiger partial charge in [0.15, 0.2) is 5.82 Å². The minimum absolute atomic E-state index is 0.651. The zero-order valence-electron chi connectivity index (χ0n) is 37.7. The first-order chi connectivity index (χ1) is 34.7. The maximum absolute atomic E-state index is 6.68. The Morgan fingerprint density at radius 3 is 1.63 bits per heavy atom. The summed E-state index contributed by atoms with van der Waals surface area (Å²) in [6.45, 7) is 0. The lowest BCUT2D eigenvalue weighted by molar-refractivity contribution is 0.669. The van der Waals surface area contributed by atoms with E-state index in [1.807, 2.05) is 42.5 Å². The van der Waals surface area contributed by atoms with Gasteiger partial charge in [0.05, 0.1) is 22.6 Å². The third-order valence-corrected chi connectivity index (χ3v) is 13.7. The molecule has 5 nitrogen and oxygen atoms in total. The summed E-state index contributed by atoms with van der Waals surface area (Å²) in [5.74, 6) is 0.651. The van der Waals surface area contributed by atoms with Gasteiger partial charge in [-0.05, 0) is 64.7 Å². The number of aromatic nitrogens is 3. The number of nitrogens with zero attached hydrogens (tertiary/aromatic N) is 3. The SMILES string of the molecule is c1ccc(-c2cc(-c3ccc(-c4cccc(-c5c6c(cc7c(-c8ccccc8)nc8ccccc8c57)oc5ccccc56)c4)cc3)nc(-c3cccc(-c4cccc5c4oc4ccccc45)c3)n2)cc1. The molecule has 14 rings (SSSR count). The lowest BCUT2D eigenvalue weighted by Gasteiger charge is -2.16. The normalized spacial score (nSPS) is 11.7. The molecule has 0 radical (unpaired) electrons. The van der Waals surface area contributed by atoms with Crippen LogP contribution >= 0.6 is 0 Å². The molecule has 0 aliphatic heterocycles. The molecular weight excluding hydrogens is 855 g/mol. The molecule has 0 amide bonds. The minimum atomic E-state index is 0.651. The fraction of sp³-hybridized carbons (Fsp3) is 0. The minimum Gasteiger partial charge on any atom is -0.456 e. The second-order valence-electron chi connectivity index (χ2n) is 17.8. The summed E-state index contributed by atoms with van der Waals surface area (Å²) < 4.78 is 13.1. The first-order valence-corrected chi connectivity index (χ1v) is 23.6. The van der Waals surface area contributed by atoms with Gasteiger partial charge in [-0.3, -0.25) is 0 Å². The average molecular weight is 894 g/mol. The average Bonchev–Trinajstić information content (AvgIpc) is 4.01. The van der Waals surface area contributed by atoms with Crippen molar-refractivity contribution in [1.82, 2.24) is 15.0 Å². The lowest BCUT2D eigenvalue weighted by Crippen LogP contribution is -1.96. The van der Waals surface area contributed by atoms with Crippen molar-refractivity contribution in [2.24, 2.45) is 0 Å². The van der Waals surface area contributed by atoms with E-state index in [4.69, 9.17) is 23.8 Å². The number of hydrogen-bond donors (Lipinski definition) is 0. The van der Waals surface area contributed by atoms with Gasteiger partial charge in [0, 0.05) is 71.1 Å². The highest BCUT2D eigenvalue weighted by atomic mass is 16.3. The molecule has 0 aliphatic rings. The number of benzene rings is 10. The molecule has 5 heteroatoms. The highest BCUT2D eigenvalue weighted by Gasteiger charge is 2.22. The Labute approximate surface area is 402 Å². The van der Waals surface area contributed by atoms with Crippen molar-refractivity contribution in [3.05, 3.63) is 237 Å². The Morgan fingerprint density at radius 2 is 0.843 bits per heavy atom. The van der Waals surface area contributed by atoms with Gasteiger partial charge < -0.3 is 8.83 Å². The molecule has 0 saturated heterocycles. The van der Waals surface area contributed by atoms with E-state index in [1.165, 1.54) is 0 Å². The summed E-state index contributed by atoms with van der Waals surface area (Å²) in [7, 11) is 0. The summed E-state index contributed by atoms with van der Waals surface area (Å²) in [4.78, 5) is 15.8. The van der Waals surface area contributed by atoms with Gasteiger partial charge in [-0.25, -0.2) is 15.0 Å². The Balaban J connectivity index is 0.891. The molecule has 0 atom stereocenters. The number of rotatable bonds is 7. The first kappa shape index (κ1) is 39.7. The van der Waals surface area contributed by atoms with E-state index in [0.29, 0.717) is 5.82 Å². The van der Waals surface area contributed by atoms with Crippen molar-refractivity contribution in [2.75, 3.05) is 0 Å². The predicted octanol–water partition coefficient (Wildman–Crippen LogP) is 17.6. The molecule has 326 valence electrons. The van der Waals surface area contributed by atoms with Crippen molar-refractivity contribution < 1.29 is 8.83 Å². The first-order valence-electron chi connectivity index (χ1n) is 23.6.